The molecule has 4 heterocycles. The van der Waals surface area contributed by atoms with Crippen molar-refractivity contribution in [2.45, 2.75) is 0 Å². The van der Waals surface area contributed by atoms with Crippen LogP contribution in [0.2, 0.25) is 0 Å². The number of aromatic nitrogens is 3. The van der Waals surface area contributed by atoms with Crippen molar-refractivity contribution in [2.75, 3.05) is 31.5 Å². The number of aromatic amines is 1. The Balaban J connectivity index is 1.19. The van der Waals surface area contributed by atoms with E-state index in [4.69, 9.17) is 4.42 Å². The minimum absolute atomic E-state index is 0.161. The van der Waals surface area contributed by atoms with E-state index < -0.39 is 5.91 Å². The van der Waals surface area contributed by atoms with Crippen LogP contribution in [-0.4, -0.2) is 68.9 Å². The Morgan fingerprint density at radius 3 is 2.43 bits per heavy atom. The summed E-state index contributed by atoms with van der Waals surface area (Å²) in [5, 5.41) is 9.75. The van der Waals surface area contributed by atoms with E-state index in [1.165, 1.54) is 6.26 Å². The summed E-state index contributed by atoms with van der Waals surface area (Å²) in [4.78, 5) is 45.6. The summed E-state index contributed by atoms with van der Waals surface area (Å²) in [5.74, 6) is -0.529. The van der Waals surface area contributed by atoms with Crippen molar-refractivity contribution in [3.63, 3.8) is 0 Å². The summed E-state index contributed by atoms with van der Waals surface area (Å²) in [7, 11) is 0. The summed E-state index contributed by atoms with van der Waals surface area (Å²) in [5.41, 5.74) is 2.81. The lowest BCUT2D eigenvalue weighted by atomic mass is 10.1. The van der Waals surface area contributed by atoms with Crippen LogP contribution in [0.4, 0.5) is 5.69 Å². The molecule has 1 fully saturated rings. The lowest BCUT2D eigenvalue weighted by Gasteiger charge is -2.34. The number of H-pyrrole nitrogens is 1. The van der Waals surface area contributed by atoms with Crippen molar-refractivity contribution in [3.8, 4) is 11.3 Å². The fourth-order valence-electron chi connectivity index (χ4n) is 3.89. The number of benzene rings is 1. The molecule has 1 saturated heterocycles. The number of rotatable bonds is 5. The molecule has 1 aliphatic rings. The van der Waals surface area contributed by atoms with E-state index >= 15 is 0 Å². The zero-order valence-electron chi connectivity index (χ0n) is 18.7. The summed E-state index contributed by atoms with van der Waals surface area (Å²) in [6.45, 7) is 1.61. The van der Waals surface area contributed by atoms with E-state index in [-0.39, 0.29) is 17.6 Å². The molecule has 0 unspecified atom stereocenters. The second kappa shape index (κ2) is 9.64. The van der Waals surface area contributed by atoms with E-state index in [2.05, 4.69) is 20.5 Å². The van der Waals surface area contributed by atoms with Crippen LogP contribution in [0.5, 0.6) is 0 Å². The number of furan rings is 1. The lowest BCUT2D eigenvalue weighted by molar-refractivity contribution is 0.0532. The van der Waals surface area contributed by atoms with Crippen molar-refractivity contribution in [1.29, 1.82) is 0 Å². The Labute approximate surface area is 200 Å². The molecule has 176 valence electrons. The van der Waals surface area contributed by atoms with E-state index in [1.54, 1.807) is 64.7 Å². The Kier molecular flexibility index (Phi) is 6.08. The average molecular weight is 470 g/mol. The maximum absolute atomic E-state index is 13.0. The number of carbonyl (C=O) groups is 3. The molecule has 0 bridgehead atoms. The number of hydrogen-bond donors (Lipinski definition) is 2. The molecule has 1 aromatic carbocycles. The molecule has 0 aliphatic carbocycles. The van der Waals surface area contributed by atoms with Gasteiger partial charge in [-0.3, -0.25) is 24.5 Å². The zero-order valence-corrected chi connectivity index (χ0v) is 18.7. The maximum atomic E-state index is 13.0. The Hall–Kier alpha value is -4.73. The van der Waals surface area contributed by atoms with Crippen LogP contribution >= 0.6 is 0 Å². The first-order valence-corrected chi connectivity index (χ1v) is 11.1. The number of carbonyl (C=O) groups excluding carboxylic acids is 3. The van der Waals surface area contributed by atoms with Gasteiger partial charge in [-0.2, -0.15) is 5.10 Å². The summed E-state index contributed by atoms with van der Waals surface area (Å²) in [6.07, 6.45) is 4.79. The Morgan fingerprint density at radius 2 is 1.71 bits per heavy atom. The number of nitrogens with zero attached hydrogens (tertiary/aromatic N) is 4. The highest BCUT2D eigenvalue weighted by molar-refractivity contribution is 6.03. The van der Waals surface area contributed by atoms with Gasteiger partial charge < -0.3 is 19.5 Å². The van der Waals surface area contributed by atoms with Crippen LogP contribution in [0.15, 0.2) is 77.7 Å². The molecular formula is C25H22N6O4. The molecule has 0 atom stereocenters. The molecular weight excluding hydrogens is 448 g/mol. The van der Waals surface area contributed by atoms with Gasteiger partial charge in [-0.25, -0.2) is 0 Å². The predicted octanol–water partition coefficient (Wildman–Crippen LogP) is 2.92. The second-order valence-corrected chi connectivity index (χ2v) is 8.01. The lowest BCUT2D eigenvalue weighted by Crippen LogP contribution is -2.50. The van der Waals surface area contributed by atoms with Gasteiger partial charge in [0.25, 0.3) is 17.7 Å². The molecule has 3 amide bonds. The van der Waals surface area contributed by atoms with Crippen LogP contribution in [0.1, 0.15) is 31.4 Å². The highest BCUT2D eigenvalue weighted by atomic mass is 16.3. The second-order valence-electron chi connectivity index (χ2n) is 8.01. The molecule has 1 aliphatic heterocycles. The predicted molar refractivity (Wildman–Crippen MR) is 127 cm³/mol. The van der Waals surface area contributed by atoms with Crippen molar-refractivity contribution in [1.82, 2.24) is 25.0 Å². The van der Waals surface area contributed by atoms with Gasteiger partial charge in [-0.1, -0.05) is 6.07 Å². The van der Waals surface area contributed by atoms with Gasteiger partial charge in [-0.15, -0.1) is 0 Å². The largest absolute Gasteiger partial charge is 0.459 e. The fourth-order valence-corrected chi connectivity index (χ4v) is 3.89. The van der Waals surface area contributed by atoms with Gasteiger partial charge in [0.1, 0.15) is 5.69 Å². The van der Waals surface area contributed by atoms with Gasteiger partial charge in [0, 0.05) is 55.4 Å². The number of pyridine rings is 1. The third kappa shape index (κ3) is 4.81. The SMILES string of the molecule is O=C(Nc1cccc(C(=O)N2CCN(C(=O)c3cc(-c4cccnc4)n[nH]3)CC2)c1)c1ccco1. The van der Waals surface area contributed by atoms with Crippen LogP contribution in [0.25, 0.3) is 11.3 Å². The van der Waals surface area contributed by atoms with Crippen LogP contribution < -0.4 is 5.32 Å². The number of nitrogens with one attached hydrogen (secondary N) is 2. The normalized spacial score (nSPS) is 13.5. The minimum Gasteiger partial charge on any atom is -0.459 e. The van der Waals surface area contributed by atoms with Crippen molar-refractivity contribution < 1.29 is 18.8 Å². The highest BCUT2D eigenvalue weighted by Crippen LogP contribution is 2.19. The molecule has 3 aromatic heterocycles. The van der Waals surface area contributed by atoms with E-state index in [0.717, 1.165) is 5.56 Å². The molecule has 0 spiro atoms. The average Bonchev–Trinajstić information content (AvgIpc) is 3.62. The molecule has 5 rings (SSSR count). The number of anilines is 1. The number of hydrogen-bond acceptors (Lipinski definition) is 6. The zero-order chi connectivity index (χ0) is 24.2. The summed E-state index contributed by atoms with van der Waals surface area (Å²) >= 11 is 0. The Bertz CT molecular complexity index is 1340. The van der Waals surface area contributed by atoms with Crippen molar-refractivity contribution >= 4 is 23.4 Å². The number of amides is 3. The summed E-state index contributed by atoms with van der Waals surface area (Å²) < 4.78 is 5.10. The molecule has 4 aromatic rings. The van der Waals surface area contributed by atoms with Gasteiger partial charge in [0.15, 0.2) is 5.76 Å². The van der Waals surface area contributed by atoms with E-state index in [0.29, 0.717) is 48.8 Å². The number of piperazine rings is 1. The quantitative estimate of drug-likeness (QED) is 0.462. The standard InChI is InChI=1S/C25H22N6O4/c32-23(22-7-3-13-35-22)27-19-6-1-4-17(14-19)24(33)30-9-11-31(12-10-30)25(34)21-15-20(28-29-21)18-5-2-8-26-16-18/h1-8,13-16H,9-12H2,(H,27,32)(H,28,29). The molecule has 10 heteroatoms. The van der Waals surface area contributed by atoms with E-state index in [9.17, 15) is 14.4 Å². The van der Waals surface area contributed by atoms with Gasteiger partial charge >= 0.3 is 0 Å². The smallest absolute Gasteiger partial charge is 0.291 e. The van der Waals surface area contributed by atoms with Gasteiger partial charge in [-0.05, 0) is 48.5 Å². The van der Waals surface area contributed by atoms with Crippen LogP contribution in [0, 0.1) is 0 Å². The minimum atomic E-state index is -0.391. The molecule has 0 saturated carbocycles. The fraction of sp³-hybridized carbons (Fsp3) is 0.160. The molecule has 2 N–H and O–H groups in total. The molecule has 10 nitrogen and oxygen atoms in total. The molecule has 0 radical (unpaired) electrons. The molecule has 35 heavy (non-hydrogen) atoms. The third-order valence-corrected chi connectivity index (χ3v) is 5.73. The maximum Gasteiger partial charge on any atom is 0.291 e. The first-order valence-electron chi connectivity index (χ1n) is 11.1. The summed E-state index contributed by atoms with van der Waals surface area (Å²) in [6, 6.07) is 15.3. The van der Waals surface area contributed by atoms with Gasteiger partial charge in [0.05, 0.1) is 12.0 Å². The van der Waals surface area contributed by atoms with Crippen LogP contribution in [-0.2, 0) is 0 Å². The third-order valence-electron chi connectivity index (χ3n) is 5.73. The topological polar surface area (TPSA) is 124 Å². The monoisotopic (exact) mass is 470 g/mol. The van der Waals surface area contributed by atoms with Crippen molar-refractivity contribution in [3.05, 3.63) is 90.3 Å². The highest BCUT2D eigenvalue weighted by Gasteiger charge is 2.27. The first kappa shape index (κ1) is 22.1. The Morgan fingerprint density at radius 1 is 0.914 bits per heavy atom. The van der Waals surface area contributed by atoms with Crippen molar-refractivity contribution in [2.24, 2.45) is 0 Å². The van der Waals surface area contributed by atoms with Crippen LogP contribution in [0.3, 0.4) is 0 Å². The van der Waals surface area contributed by atoms with E-state index in [1.807, 2.05) is 12.1 Å². The van der Waals surface area contributed by atoms with Gasteiger partial charge in [0.2, 0.25) is 0 Å². The first-order chi connectivity index (χ1) is 17.1.